The largest absolute Gasteiger partial charge is 0.150 e. The van der Waals surface area contributed by atoms with Gasteiger partial charge in [-0.3, -0.25) is 0 Å². The topological polar surface area (TPSA) is 25.8 Å². The maximum absolute atomic E-state index is 4.01. The predicted octanol–water partition coefficient (Wildman–Crippen LogP) is 3.47. The van der Waals surface area contributed by atoms with E-state index in [1.165, 1.54) is 0 Å². The Balaban J connectivity index is 2.63. The second-order valence-corrected chi connectivity index (χ2v) is 4.35. The maximum atomic E-state index is 4.01. The lowest BCUT2D eigenvalue weighted by Gasteiger charge is -2.04. The average molecular weight is 313 g/mol. The van der Waals surface area contributed by atoms with Crippen molar-refractivity contribution < 1.29 is 0 Å². The van der Waals surface area contributed by atoms with Gasteiger partial charge in [0, 0.05) is 14.5 Å². The van der Waals surface area contributed by atoms with Crippen molar-refractivity contribution in [1.82, 2.24) is 10.2 Å². The highest BCUT2D eigenvalue weighted by Gasteiger charge is 2.07. The molecule has 0 spiro atoms. The fraction of sp³-hybridized carbons (Fsp3) is 0. The van der Waals surface area contributed by atoms with Gasteiger partial charge in [-0.25, -0.2) is 0 Å². The van der Waals surface area contributed by atoms with Crippen LogP contribution in [0, 0.1) is 6.20 Å². The minimum absolute atomic E-state index is 0.822. The van der Waals surface area contributed by atoms with Crippen molar-refractivity contribution in [1.29, 1.82) is 0 Å². The highest BCUT2D eigenvalue weighted by molar-refractivity contribution is 9.11. The minimum atomic E-state index is 0.822. The van der Waals surface area contributed by atoms with Crippen molar-refractivity contribution in [3.05, 3.63) is 45.5 Å². The zero-order valence-corrected chi connectivity index (χ0v) is 10.2. The van der Waals surface area contributed by atoms with Crippen LogP contribution in [0.2, 0.25) is 0 Å². The van der Waals surface area contributed by atoms with E-state index in [1.807, 2.05) is 24.3 Å². The van der Waals surface area contributed by atoms with Gasteiger partial charge in [0.2, 0.25) is 0 Å². The van der Waals surface area contributed by atoms with Gasteiger partial charge < -0.3 is 0 Å². The molecule has 0 amide bonds. The molecule has 0 fully saturated rings. The first kappa shape index (κ1) is 9.80. The summed E-state index contributed by atoms with van der Waals surface area (Å²) >= 11 is 6.95. The van der Waals surface area contributed by atoms with E-state index in [2.05, 4.69) is 48.3 Å². The Morgan fingerprint density at radius 3 is 2.36 bits per heavy atom. The molecule has 4 heteroatoms. The molecule has 0 atom stereocenters. The molecule has 0 saturated heterocycles. The molecule has 2 aromatic rings. The number of hydrogen-bond donors (Lipinski definition) is 0. The number of rotatable bonds is 1. The van der Waals surface area contributed by atoms with E-state index < -0.39 is 0 Å². The number of aromatic nitrogens is 2. The minimum Gasteiger partial charge on any atom is -0.150 e. The molecule has 0 aliphatic heterocycles. The summed E-state index contributed by atoms with van der Waals surface area (Å²) in [5, 5.41) is 7.73. The first-order valence-corrected chi connectivity index (χ1v) is 5.52. The second-order valence-electron chi connectivity index (χ2n) is 2.64. The molecule has 0 unspecified atom stereocenters. The monoisotopic (exact) mass is 311 g/mol. The molecule has 0 aliphatic carbocycles. The summed E-state index contributed by atoms with van der Waals surface area (Å²) in [5.41, 5.74) is 1.83. The van der Waals surface area contributed by atoms with Crippen LogP contribution in [0.5, 0.6) is 0 Å². The lowest BCUT2D eigenvalue weighted by Crippen LogP contribution is -1.88. The van der Waals surface area contributed by atoms with Crippen molar-refractivity contribution in [2.24, 2.45) is 0 Å². The third kappa shape index (κ3) is 1.86. The average Bonchev–Trinajstić information content (AvgIpc) is 2.19. The fourth-order valence-electron chi connectivity index (χ4n) is 1.14. The Kier molecular flexibility index (Phi) is 2.93. The molecule has 0 saturated carbocycles. The highest BCUT2D eigenvalue weighted by atomic mass is 79.9. The molecule has 1 heterocycles. The van der Waals surface area contributed by atoms with Crippen LogP contribution in [-0.4, -0.2) is 10.2 Å². The standard InChI is InChI=1S/C10H5Br2N2/c11-7-3-1-4-8(12)10(7)9-5-2-6-13-14-9/h1-5H. The lowest BCUT2D eigenvalue weighted by atomic mass is 10.1. The molecule has 2 rings (SSSR count). The summed E-state index contributed by atoms with van der Waals surface area (Å²) in [7, 11) is 0. The zero-order chi connectivity index (χ0) is 9.97. The third-order valence-electron chi connectivity index (χ3n) is 1.75. The number of halogens is 2. The molecule has 1 radical (unpaired) electrons. The number of hydrogen-bond acceptors (Lipinski definition) is 2. The SMILES string of the molecule is Brc1cccc(Br)c1-c1cc[c]nn1. The van der Waals surface area contributed by atoms with Gasteiger partial charge in [-0.1, -0.05) is 37.9 Å². The van der Waals surface area contributed by atoms with Gasteiger partial charge in [0.1, 0.15) is 6.20 Å². The summed E-state index contributed by atoms with van der Waals surface area (Å²) in [6, 6.07) is 9.52. The number of benzene rings is 1. The molecule has 14 heavy (non-hydrogen) atoms. The Morgan fingerprint density at radius 2 is 1.79 bits per heavy atom. The van der Waals surface area contributed by atoms with E-state index in [0.29, 0.717) is 0 Å². The van der Waals surface area contributed by atoms with Gasteiger partial charge >= 0.3 is 0 Å². The third-order valence-corrected chi connectivity index (χ3v) is 3.07. The first-order valence-electron chi connectivity index (χ1n) is 3.93. The number of nitrogens with zero attached hydrogens (tertiary/aromatic N) is 2. The Hall–Kier alpha value is -0.740. The molecule has 2 nitrogen and oxygen atoms in total. The van der Waals surface area contributed by atoms with E-state index in [0.717, 1.165) is 20.2 Å². The van der Waals surface area contributed by atoms with E-state index in [9.17, 15) is 0 Å². The summed E-state index contributed by atoms with van der Waals surface area (Å²) in [6.07, 6.45) is 2.65. The summed E-state index contributed by atoms with van der Waals surface area (Å²) in [4.78, 5) is 0. The van der Waals surface area contributed by atoms with Crippen LogP contribution in [0.4, 0.5) is 0 Å². The predicted molar refractivity (Wildman–Crippen MR) is 61.7 cm³/mol. The van der Waals surface area contributed by atoms with E-state index in [4.69, 9.17) is 0 Å². The van der Waals surface area contributed by atoms with Gasteiger partial charge in [-0.05, 0) is 24.3 Å². The summed E-state index contributed by atoms with van der Waals surface area (Å²) in [6.45, 7) is 0. The molecule has 1 aromatic heterocycles. The van der Waals surface area contributed by atoms with Crippen molar-refractivity contribution >= 4 is 31.9 Å². The molecule has 1 aromatic carbocycles. The van der Waals surface area contributed by atoms with Crippen molar-refractivity contribution in [3.63, 3.8) is 0 Å². The normalized spacial score (nSPS) is 10.1. The fourth-order valence-corrected chi connectivity index (χ4v) is 2.55. The van der Waals surface area contributed by atoms with Gasteiger partial charge in [-0.2, -0.15) is 0 Å². The van der Waals surface area contributed by atoms with Crippen LogP contribution in [0.1, 0.15) is 0 Å². The van der Waals surface area contributed by atoms with Crippen LogP contribution in [0.25, 0.3) is 11.3 Å². The van der Waals surface area contributed by atoms with E-state index >= 15 is 0 Å². The van der Waals surface area contributed by atoms with Crippen molar-refractivity contribution in [2.75, 3.05) is 0 Å². The molecule has 0 N–H and O–H groups in total. The van der Waals surface area contributed by atoms with Crippen molar-refractivity contribution in [3.8, 4) is 11.3 Å². The molecular formula is C10H5Br2N2. The molecular weight excluding hydrogens is 308 g/mol. The Labute approximate surface area is 98.6 Å². The van der Waals surface area contributed by atoms with Crippen LogP contribution < -0.4 is 0 Å². The van der Waals surface area contributed by atoms with Crippen LogP contribution in [-0.2, 0) is 0 Å². The zero-order valence-electron chi connectivity index (χ0n) is 7.04. The highest BCUT2D eigenvalue weighted by Crippen LogP contribution is 2.33. The van der Waals surface area contributed by atoms with E-state index in [-0.39, 0.29) is 0 Å². The van der Waals surface area contributed by atoms with Gasteiger partial charge in [0.05, 0.1) is 5.69 Å². The summed E-state index contributed by atoms with van der Waals surface area (Å²) < 4.78 is 1.99. The van der Waals surface area contributed by atoms with Gasteiger partial charge in [-0.15, -0.1) is 10.2 Å². The molecule has 69 valence electrons. The quantitative estimate of drug-likeness (QED) is 0.806. The molecule has 0 aliphatic rings. The first-order chi connectivity index (χ1) is 6.79. The molecule has 0 bridgehead atoms. The Morgan fingerprint density at radius 1 is 1.07 bits per heavy atom. The van der Waals surface area contributed by atoms with Crippen molar-refractivity contribution in [2.45, 2.75) is 0 Å². The van der Waals surface area contributed by atoms with Crippen LogP contribution >= 0.6 is 31.9 Å². The Bertz CT molecular complexity index is 423. The van der Waals surface area contributed by atoms with Gasteiger partial charge in [0.25, 0.3) is 0 Å². The summed E-state index contributed by atoms with van der Waals surface area (Å²) in [5.74, 6) is 0. The maximum Gasteiger partial charge on any atom is 0.113 e. The smallest absolute Gasteiger partial charge is 0.113 e. The van der Waals surface area contributed by atoms with Crippen LogP contribution in [0.15, 0.2) is 39.3 Å². The van der Waals surface area contributed by atoms with E-state index in [1.54, 1.807) is 6.07 Å². The lowest BCUT2D eigenvalue weighted by molar-refractivity contribution is 1.03. The second kappa shape index (κ2) is 4.19. The van der Waals surface area contributed by atoms with Crippen LogP contribution in [0.3, 0.4) is 0 Å². The van der Waals surface area contributed by atoms with Gasteiger partial charge in [0.15, 0.2) is 0 Å².